The van der Waals surface area contributed by atoms with Gasteiger partial charge in [-0.15, -0.1) is 11.3 Å². The van der Waals surface area contributed by atoms with Gasteiger partial charge in [-0.25, -0.2) is 4.98 Å². The molecule has 0 saturated carbocycles. The van der Waals surface area contributed by atoms with Crippen LogP contribution in [0.4, 0.5) is 0 Å². The summed E-state index contributed by atoms with van der Waals surface area (Å²) >= 11 is 1.75. The molecule has 3 heterocycles. The largest absolute Gasteiger partial charge is 0.500 e. The average molecular weight is 476 g/mol. The van der Waals surface area contributed by atoms with Crippen LogP contribution in [-0.2, 0) is 9.31 Å². The van der Waals surface area contributed by atoms with E-state index in [1.807, 2.05) is 18.2 Å². The molecule has 3 aromatic carbocycles. The standard InChI is InChI=1S/C29H23BNO3S/c1-28(2)29(3,4)34-30(33-28)24-25-22(16-21-20-11-7-8-12-23(20)35-26(21)24)31-27(32-25)19-14-13-17-9-5-6-10-18(17)15-19/h6-16H,1-4H3/q+1. The quantitative estimate of drug-likeness (QED) is 0.203. The molecular weight excluding hydrogens is 453 g/mol. The van der Waals surface area contributed by atoms with Crippen LogP contribution in [0.3, 0.4) is 0 Å². The maximum absolute atomic E-state index is 6.53. The summed E-state index contributed by atoms with van der Waals surface area (Å²) in [6.07, 6.45) is 9.10. The van der Waals surface area contributed by atoms with Crippen LogP contribution in [0.5, 0.6) is 0 Å². The monoisotopic (exact) mass is 476 g/mol. The van der Waals surface area contributed by atoms with Crippen LogP contribution < -0.4 is 5.46 Å². The average Bonchev–Trinajstić information content (AvgIpc) is 3.48. The number of aromatic nitrogens is 1. The van der Waals surface area contributed by atoms with E-state index in [9.17, 15) is 0 Å². The van der Waals surface area contributed by atoms with Crippen molar-refractivity contribution in [2.45, 2.75) is 38.9 Å². The van der Waals surface area contributed by atoms with Crippen LogP contribution in [0, 0.1) is 6.08 Å². The Labute approximate surface area is 208 Å². The minimum atomic E-state index is -0.549. The number of nitrogens with zero attached hydrogens (tertiary/aromatic N) is 1. The summed E-state index contributed by atoms with van der Waals surface area (Å²) in [4.78, 5) is 4.95. The van der Waals surface area contributed by atoms with Gasteiger partial charge in [0, 0.05) is 43.3 Å². The lowest BCUT2D eigenvalue weighted by Gasteiger charge is -2.32. The molecule has 1 aliphatic heterocycles. The van der Waals surface area contributed by atoms with Crippen molar-refractivity contribution < 1.29 is 13.7 Å². The Morgan fingerprint density at radius 3 is 2.54 bits per heavy atom. The molecule has 1 fully saturated rings. The topological polar surface area (TPSA) is 44.5 Å². The molecule has 5 aromatic rings. The molecule has 0 bridgehead atoms. The zero-order valence-electron chi connectivity index (χ0n) is 20.0. The molecule has 1 aliphatic carbocycles. The summed E-state index contributed by atoms with van der Waals surface area (Å²) in [5.74, 6) is 0.592. The SMILES string of the molecule is CC1(C)OB(c2c3oc(-c4ccc5c(c4)C=C[C+]=C5)nc3cc3c2sc2ccccc23)OC1(C)C. The first kappa shape index (κ1) is 21.0. The minimum Gasteiger partial charge on any atom is -0.436 e. The van der Waals surface area contributed by atoms with Gasteiger partial charge in [-0.05, 0) is 52.0 Å². The molecule has 0 radical (unpaired) electrons. The fourth-order valence-electron chi connectivity index (χ4n) is 4.83. The Morgan fingerprint density at radius 2 is 1.71 bits per heavy atom. The van der Waals surface area contributed by atoms with Crippen molar-refractivity contribution in [1.82, 2.24) is 4.98 Å². The smallest absolute Gasteiger partial charge is 0.436 e. The third-order valence-electron chi connectivity index (χ3n) is 7.48. The lowest BCUT2D eigenvalue weighted by Crippen LogP contribution is -2.41. The van der Waals surface area contributed by atoms with E-state index in [1.165, 1.54) is 10.1 Å². The maximum Gasteiger partial charge on any atom is 0.500 e. The fraction of sp³-hybridized carbons (Fsp3) is 0.207. The Kier molecular flexibility index (Phi) is 4.28. The Hall–Kier alpha value is -3.28. The van der Waals surface area contributed by atoms with E-state index in [-0.39, 0.29) is 0 Å². The zero-order chi connectivity index (χ0) is 23.9. The number of hydrogen-bond donors (Lipinski definition) is 0. The molecule has 6 heteroatoms. The maximum atomic E-state index is 6.53. The van der Waals surface area contributed by atoms with Crippen molar-refractivity contribution in [2.24, 2.45) is 0 Å². The van der Waals surface area contributed by atoms with Crippen molar-refractivity contribution in [1.29, 1.82) is 0 Å². The van der Waals surface area contributed by atoms with Gasteiger partial charge in [0.15, 0.2) is 5.58 Å². The lowest BCUT2D eigenvalue weighted by molar-refractivity contribution is 0.00578. The van der Waals surface area contributed by atoms with Gasteiger partial charge in [-0.1, -0.05) is 18.2 Å². The van der Waals surface area contributed by atoms with Crippen LogP contribution in [0.25, 0.3) is 54.9 Å². The number of fused-ring (bicyclic) bond motifs is 5. The van der Waals surface area contributed by atoms with E-state index < -0.39 is 18.3 Å². The Balaban J connectivity index is 1.49. The van der Waals surface area contributed by atoms with Gasteiger partial charge < -0.3 is 13.7 Å². The molecule has 0 N–H and O–H groups in total. The molecular formula is C29H23BNO3S+. The minimum absolute atomic E-state index is 0.457. The Morgan fingerprint density at radius 1 is 0.914 bits per heavy atom. The summed E-state index contributed by atoms with van der Waals surface area (Å²) < 4.78 is 21.9. The third-order valence-corrected chi connectivity index (χ3v) is 8.70. The third kappa shape index (κ3) is 3.08. The van der Waals surface area contributed by atoms with E-state index in [0.29, 0.717) is 5.89 Å². The van der Waals surface area contributed by atoms with Crippen molar-refractivity contribution in [3.05, 3.63) is 71.8 Å². The van der Waals surface area contributed by atoms with Crippen LogP contribution >= 0.6 is 11.3 Å². The molecule has 0 atom stereocenters. The van der Waals surface area contributed by atoms with Crippen LogP contribution in [0.2, 0.25) is 0 Å². The molecule has 0 unspecified atom stereocenters. The molecule has 2 aliphatic rings. The molecule has 170 valence electrons. The number of oxazole rings is 1. The zero-order valence-corrected chi connectivity index (χ0v) is 20.8. The van der Waals surface area contributed by atoms with E-state index in [2.05, 4.69) is 82.3 Å². The van der Waals surface area contributed by atoms with Gasteiger partial charge in [0.2, 0.25) is 5.89 Å². The van der Waals surface area contributed by atoms with Crippen molar-refractivity contribution >= 4 is 67.3 Å². The molecule has 0 amide bonds. The van der Waals surface area contributed by atoms with E-state index in [0.717, 1.165) is 43.3 Å². The van der Waals surface area contributed by atoms with Crippen LogP contribution in [0.15, 0.2) is 59.0 Å². The van der Waals surface area contributed by atoms with Gasteiger partial charge in [0.05, 0.1) is 28.4 Å². The lowest BCUT2D eigenvalue weighted by atomic mass is 9.77. The number of rotatable bonds is 2. The Bertz CT molecular complexity index is 1710. The number of thiophene rings is 1. The second-order valence-corrected chi connectivity index (χ2v) is 11.3. The molecule has 2 aromatic heterocycles. The first-order chi connectivity index (χ1) is 16.8. The molecule has 1 saturated heterocycles. The molecule has 35 heavy (non-hydrogen) atoms. The highest BCUT2D eigenvalue weighted by molar-refractivity contribution is 7.27. The molecule has 0 spiro atoms. The summed E-state index contributed by atoms with van der Waals surface area (Å²) in [6.45, 7) is 8.31. The fourth-order valence-corrected chi connectivity index (χ4v) is 6.06. The predicted octanol–water partition coefficient (Wildman–Crippen LogP) is 7.01. The second-order valence-electron chi connectivity index (χ2n) is 10.2. The first-order valence-corrected chi connectivity index (χ1v) is 12.6. The van der Waals surface area contributed by atoms with Gasteiger partial charge in [-0.2, -0.15) is 0 Å². The van der Waals surface area contributed by atoms with E-state index in [4.69, 9.17) is 18.7 Å². The van der Waals surface area contributed by atoms with Gasteiger partial charge in [0.1, 0.15) is 17.7 Å². The summed E-state index contributed by atoms with van der Waals surface area (Å²) in [6, 6.07) is 16.8. The van der Waals surface area contributed by atoms with Crippen molar-refractivity contribution in [3.8, 4) is 11.5 Å². The van der Waals surface area contributed by atoms with Crippen molar-refractivity contribution in [2.75, 3.05) is 0 Å². The predicted molar refractivity (Wildman–Crippen MR) is 145 cm³/mol. The molecule has 7 rings (SSSR count). The highest BCUT2D eigenvalue weighted by Gasteiger charge is 2.53. The number of benzene rings is 3. The second kappa shape index (κ2) is 7.13. The normalized spacial score (nSPS) is 18.0. The summed E-state index contributed by atoms with van der Waals surface area (Å²) in [7, 11) is -0.549. The summed E-state index contributed by atoms with van der Waals surface area (Å²) in [5.41, 5.74) is 4.74. The van der Waals surface area contributed by atoms with E-state index >= 15 is 0 Å². The summed E-state index contributed by atoms with van der Waals surface area (Å²) in [5, 5.41) is 2.36. The van der Waals surface area contributed by atoms with Gasteiger partial charge in [-0.3, -0.25) is 0 Å². The highest BCUT2D eigenvalue weighted by atomic mass is 32.1. The van der Waals surface area contributed by atoms with Crippen LogP contribution in [-0.4, -0.2) is 23.3 Å². The number of allylic oxidation sites excluding steroid dienone is 2. The van der Waals surface area contributed by atoms with Crippen LogP contribution in [0.1, 0.15) is 38.8 Å². The molecule has 4 nitrogen and oxygen atoms in total. The van der Waals surface area contributed by atoms with Gasteiger partial charge in [0.25, 0.3) is 0 Å². The van der Waals surface area contributed by atoms with Crippen molar-refractivity contribution in [3.63, 3.8) is 0 Å². The highest BCUT2D eigenvalue weighted by Crippen LogP contribution is 2.41. The van der Waals surface area contributed by atoms with Gasteiger partial charge >= 0.3 is 7.12 Å². The number of hydrogen-bond acceptors (Lipinski definition) is 5. The first-order valence-electron chi connectivity index (χ1n) is 11.8. The van der Waals surface area contributed by atoms with E-state index in [1.54, 1.807) is 11.3 Å².